The summed E-state index contributed by atoms with van der Waals surface area (Å²) in [6, 6.07) is 9.08. The van der Waals surface area contributed by atoms with Gasteiger partial charge in [0.15, 0.2) is 0 Å². The zero-order valence-electron chi connectivity index (χ0n) is 13.7. The summed E-state index contributed by atoms with van der Waals surface area (Å²) in [6.07, 6.45) is 3.86. The minimum Gasteiger partial charge on any atom is -0.371 e. The van der Waals surface area contributed by atoms with Crippen LogP contribution in [-0.2, 0) is 0 Å². The molecule has 3 heteroatoms. The van der Waals surface area contributed by atoms with Gasteiger partial charge in [-0.1, -0.05) is 32.4 Å². The van der Waals surface area contributed by atoms with Crippen LogP contribution in [0, 0.1) is 11.3 Å². The van der Waals surface area contributed by atoms with Gasteiger partial charge in [0.05, 0.1) is 11.4 Å². The lowest BCUT2D eigenvalue weighted by atomic mass is 9.68. The molecule has 2 aliphatic rings. The molecule has 1 heterocycles. The van der Waals surface area contributed by atoms with Crippen molar-refractivity contribution in [2.45, 2.75) is 39.2 Å². The Labute approximate surface area is 129 Å². The van der Waals surface area contributed by atoms with Crippen LogP contribution < -0.4 is 15.5 Å². The first-order valence-corrected chi connectivity index (χ1v) is 8.30. The molecule has 0 amide bonds. The van der Waals surface area contributed by atoms with Crippen molar-refractivity contribution in [2.75, 3.05) is 36.5 Å². The molecule has 3 nitrogen and oxygen atoms in total. The van der Waals surface area contributed by atoms with Gasteiger partial charge in [-0.3, -0.25) is 0 Å². The van der Waals surface area contributed by atoms with E-state index in [1.807, 2.05) is 0 Å². The van der Waals surface area contributed by atoms with E-state index in [-0.39, 0.29) is 5.41 Å². The molecule has 0 spiro atoms. The zero-order valence-corrected chi connectivity index (χ0v) is 13.7. The predicted molar refractivity (Wildman–Crippen MR) is 91.0 cm³/mol. The summed E-state index contributed by atoms with van der Waals surface area (Å²) in [6.45, 7) is 7.98. The summed E-state index contributed by atoms with van der Waals surface area (Å²) in [5.74, 6) is 0.616. The maximum atomic E-state index is 6.58. The monoisotopic (exact) mass is 287 g/mol. The Morgan fingerprint density at radius 2 is 1.90 bits per heavy atom. The molecule has 0 bridgehead atoms. The summed E-state index contributed by atoms with van der Waals surface area (Å²) < 4.78 is 0. The van der Waals surface area contributed by atoms with E-state index in [1.165, 1.54) is 30.6 Å². The lowest BCUT2D eigenvalue weighted by Gasteiger charge is -2.45. The van der Waals surface area contributed by atoms with Gasteiger partial charge in [-0.05, 0) is 36.3 Å². The highest BCUT2D eigenvalue weighted by Crippen LogP contribution is 2.40. The van der Waals surface area contributed by atoms with Gasteiger partial charge in [0.2, 0.25) is 0 Å². The Morgan fingerprint density at radius 1 is 1.19 bits per heavy atom. The second-order valence-electron chi connectivity index (χ2n) is 7.52. The van der Waals surface area contributed by atoms with Crippen LogP contribution in [0.5, 0.6) is 0 Å². The van der Waals surface area contributed by atoms with Crippen LogP contribution in [0.15, 0.2) is 24.3 Å². The van der Waals surface area contributed by atoms with Crippen LogP contribution >= 0.6 is 0 Å². The van der Waals surface area contributed by atoms with Crippen LogP contribution in [0.4, 0.5) is 11.4 Å². The van der Waals surface area contributed by atoms with Gasteiger partial charge >= 0.3 is 0 Å². The van der Waals surface area contributed by atoms with E-state index in [0.29, 0.717) is 12.0 Å². The number of anilines is 2. The third kappa shape index (κ3) is 2.76. The van der Waals surface area contributed by atoms with Gasteiger partial charge in [0, 0.05) is 32.7 Å². The average Bonchev–Trinajstić information content (AvgIpc) is 2.47. The van der Waals surface area contributed by atoms with E-state index >= 15 is 0 Å². The van der Waals surface area contributed by atoms with Gasteiger partial charge in [-0.15, -0.1) is 0 Å². The average molecular weight is 287 g/mol. The van der Waals surface area contributed by atoms with Crippen molar-refractivity contribution < 1.29 is 0 Å². The summed E-state index contributed by atoms with van der Waals surface area (Å²) in [5, 5.41) is 0. The molecule has 1 aromatic carbocycles. The van der Waals surface area contributed by atoms with E-state index in [4.69, 9.17) is 5.73 Å². The highest BCUT2D eigenvalue weighted by molar-refractivity contribution is 5.73. The molecule has 1 aromatic rings. The Balaban J connectivity index is 1.78. The maximum Gasteiger partial charge on any atom is 0.0604 e. The number of hydrogen-bond donors (Lipinski definition) is 1. The number of para-hydroxylation sites is 2. The first kappa shape index (κ1) is 14.7. The standard InChI is InChI=1S/C18H29N3/c1-18(2)10-6-7-14(17(18)19)13-21-12-11-20(3)15-8-4-5-9-16(15)21/h4-5,8-9,14,17H,6-7,10-13,19H2,1-3H3. The minimum absolute atomic E-state index is 0.287. The van der Waals surface area contributed by atoms with Gasteiger partial charge in [-0.2, -0.15) is 0 Å². The van der Waals surface area contributed by atoms with E-state index < -0.39 is 0 Å². The highest BCUT2D eigenvalue weighted by atomic mass is 15.3. The Morgan fingerprint density at radius 3 is 2.67 bits per heavy atom. The molecule has 2 N–H and O–H groups in total. The molecule has 1 saturated carbocycles. The van der Waals surface area contributed by atoms with Gasteiger partial charge in [-0.25, -0.2) is 0 Å². The summed E-state index contributed by atoms with van der Waals surface area (Å²) >= 11 is 0. The van der Waals surface area contributed by atoms with Crippen LogP contribution in [0.3, 0.4) is 0 Å². The molecule has 3 rings (SSSR count). The van der Waals surface area contributed by atoms with Crippen molar-refractivity contribution in [1.82, 2.24) is 0 Å². The summed E-state index contributed by atoms with van der Waals surface area (Å²) in [7, 11) is 2.19. The van der Waals surface area contributed by atoms with E-state index in [0.717, 1.165) is 19.6 Å². The van der Waals surface area contributed by atoms with Crippen LogP contribution in [0.1, 0.15) is 33.1 Å². The topological polar surface area (TPSA) is 32.5 Å². The van der Waals surface area contributed by atoms with Crippen LogP contribution in [-0.4, -0.2) is 32.7 Å². The van der Waals surface area contributed by atoms with Crippen molar-refractivity contribution in [3.8, 4) is 0 Å². The number of benzene rings is 1. The molecule has 1 aliphatic heterocycles. The summed E-state index contributed by atoms with van der Waals surface area (Å²) in [5.41, 5.74) is 9.60. The number of nitrogens with two attached hydrogens (primary N) is 1. The fourth-order valence-corrected chi connectivity index (χ4v) is 4.05. The molecule has 21 heavy (non-hydrogen) atoms. The quantitative estimate of drug-likeness (QED) is 0.907. The van der Waals surface area contributed by atoms with Crippen LogP contribution in [0.2, 0.25) is 0 Å². The number of nitrogens with zero attached hydrogens (tertiary/aromatic N) is 2. The molecule has 116 valence electrons. The van der Waals surface area contributed by atoms with Gasteiger partial charge in [0.1, 0.15) is 0 Å². The predicted octanol–water partition coefficient (Wildman–Crippen LogP) is 3.10. The molecule has 2 unspecified atom stereocenters. The fourth-order valence-electron chi connectivity index (χ4n) is 4.05. The van der Waals surface area contributed by atoms with Crippen molar-refractivity contribution in [1.29, 1.82) is 0 Å². The first-order valence-electron chi connectivity index (χ1n) is 8.30. The minimum atomic E-state index is 0.287. The maximum absolute atomic E-state index is 6.58. The fraction of sp³-hybridized carbons (Fsp3) is 0.667. The number of fused-ring (bicyclic) bond motifs is 1. The molecular weight excluding hydrogens is 258 g/mol. The van der Waals surface area contributed by atoms with E-state index in [1.54, 1.807) is 0 Å². The van der Waals surface area contributed by atoms with E-state index in [9.17, 15) is 0 Å². The smallest absolute Gasteiger partial charge is 0.0604 e. The number of hydrogen-bond acceptors (Lipinski definition) is 3. The lowest BCUT2D eigenvalue weighted by Crippen LogP contribution is -2.51. The van der Waals surface area contributed by atoms with Crippen molar-refractivity contribution >= 4 is 11.4 Å². The highest BCUT2D eigenvalue weighted by Gasteiger charge is 2.37. The Hall–Kier alpha value is -1.22. The third-order valence-corrected chi connectivity index (χ3v) is 5.60. The largest absolute Gasteiger partial charge is 0.371 e. The van der Waals surface area contributed by atoms with Gasteiger partial charge in [0.25, 0.3) is 0 Å². The molecule has 0 radical (unpaired) electrons. The molecular formula is C18H29N3. The first-order chi connectivity index (χ1) is 9.99. The molecule has 2 atom stereocenters. The number of likely N-dealkylation sites (N-methyl/N-ethyl adjacent to an activating group) is 1. The Kier molecular flexibility index (Phi) is 3.87. The lowest BCUT2D eigenvalue weighted by molar-refractivity contribution is 0.141. The van der Waals surface area contributed by atoms with Crippen molar-refractivity contribution in [3.63, 3.8) is 0 Å². The SMILES string of the molecule is CN1CCN(CC2CCCC(C)(C)C2N)c2ccccc21. The van der Waals surface area contributed by atoms with Crippen molar-refractivity contribution in [2.24, 2.45) is 17.1 Å². The molecule has 1 aliphatic carbocycles. The zero-order chi connectivity index (χ0) is 15.0. The summed E-state index contributed by atoms with van der Waals surface area (Å²) in [4.78, 5) is 4.91. The third-order valence-electron chi connectivity index (χ3n) is 5.60. The normalized spacial score (nSPS) is 28.4. The van der Waals surface area contributed by atoms with Crippen LogP contribution in [0.25, 0.3) is 0 Å². The van der Waals surface area contributed by atoms with Crippen molar-refractivity contribution in [3.05, 3.63) is 24.3 Å². The second kappa shape index (κ2) is 5.53. The van der Waals surface area contributed by atoms with E-state index in [2.05, 4.69) is 55.0 Å². The number of rotatable bonds is 2. The molecule has 1 fully saturated rings. The molecule has 0 saturated heterocycles. The molecule has 0 aromatic heterocycles. The Bertz CT molecular complexity index is 497. The van der Waals surface area contributed by atoms with Gasteiger partial charge < -0.3 is 15.5 Å². The second-order valence-corrected chi connectivity index (χ2v) is 7.52.